The van der Waals surface area contributed by atoms with Crippen LogP contribution in [0.15, 0.2) is 78.9 Å². The molecule has 7 nitrogen and oxygen atoms in total. The number of carbonyl (C=O) groups excluding carboxylic acids is 2. The predicted molar refractivity (Wildman–Crippen MR) is 172 cm³/mol. The van der Waals surface area contributed by atoms with Gasteiger partial charge in [-0.1, -0.05) is 67.6 Å². The summed E-state index contributed by atoms with van der Waals surface area (Å²) in [6.45, 7) is 6.60. The molecule has 0 bridgehead atoms. The highest BCUT2D eigenvalue weighted by atomic mass is 28.4. The van der Waals surface area contributed by atoms with Gasteiger partial charge >= 0.3 is 0 Å². The van der Waals surface area contributed by atoms with Crippen molar-refractivity contribution in [2.24, 2.45) is 5.92 Å². The van der Waals surface area contributed by atoms with Crippen molar-refractivity contribution in [3.05, 3.63) is 95.6 Å². The lowest BCUT2D eigenvalue weighted by Crippen LogP contribution is -2.42. The van der Waals surface area contributed by atoms with E-state index in [-0.39, 0.29) is 55.1 Å². The molecule has 43 heavy (non-hydrogen) atoms. The van der Waals surface area contributed by atoms with Gasteiger partial charge in [-0.3, -0.25) is 14.5 Å². The number of hydrogen-bond acceptors (Lipinski definition) is 5. The summed E-state index contributed by atoms with van der Waals surface area (Å²) in [6.07, 6.45) is 2.62. The maximum Gasteiger partial charge on any atom is 0.231 e. The molecule has 8 heteroatoms. The molecular formula is C35H44N2O5Si. The minimum atomic E-state index is -2.64. The van der Waals surface area contributed by atoms with Gasteiger partial charge in [0.2, 0.25) is 11.8 Å². The molecule has 2 N–H and O–H groups in total. The number of anilines is 2. The molecule has 0 aliphatic carbocycles. The molecule has 2 heterocycles. The monoisotopic (exact) mass is 600 g/mol. The Kier molecular flexibility index (Phi) is 9.81. The summed E-state index contributed by atoms with van der Waals surface area (Å²) in [5, 5.41) is 9.64. The van der Waals surface area contributed by atoms with E-state index in [1.54, 1.807) is 4.90 Å². The van der Waals surface area contributed by atoms with Crippen molar-refractivity contribution >= 4 is 31.5 Å². The van der Waals surface area contributed by atoms with Gasteiger partial charge in [0.25, 0.3) is 0 Å². The van der Waals surface area contributed by atoms with Crippen LogP contribution in [-0.4, -0.2) is 60.3 Å². The molecule has 2 aliphatic rings. The fourth-order valence-electron chi connectivity index (χ4n) is 6.96. The molecule has 4 atom stereocenters. The van der Waals surface area contributed by atoms with E-state index in [0.29, 0.717) is 13.0 Å². The molecule has 0 unspecified atom stereocenters. The van der Waals surface area contributed by atoms with Crippen molar-refractivity contribution in [3.8, 4) is 0 Å². The lowest BCUT2D eigenvalue weighted by Gasteiger charge is -2.31. The van der Waals surface area contributed by atoms with E-state index in [1.807, 2.05) is 78.7 Å². The van der Waals surface area contributed by atoms with Crippen LogP contribution in [-0.2, 0) is 33.7 Å². The molecule has 2 amide bonds. The number of hydrogen-bond donors (Lipinski definition) is 2. The molecule has 5 rings (SSSR count). The third kappa shape index (κ3) is 7.26. The summed E-state index contributed by atoms with van der Waals surface area (Å²) >= 11 is 0. The zero-order valence-corrected chi connectivity index (χ0v) is 26.5. The number of aliphatic hydroxyl groups excluding tert-OH is 1. The van der Waals surface area contributed by atoms with E-state index in [1.165, 1.54) is 5.56 Å². The number of nitrogens with zero attached hydrogens (tertiary/aromatic N) is 2. The Bertz CT molecular complexity index is 1390. The highest BCUT2D eigenvalue weighted by molar-refractivity contribution is 6.71. The summed E-state index contributed by atoms with van der Waals surface area (Å²) in [7, 11) is -2.64. The van der Waals surface area contributed by atoms with Gasteiger partial charge in [0, 0.05) is 30.7 Å². The second-order valence-electron chi connectivity index (χ2n) is 12.5. The second kappa shape index (κ2) is 13.6. The standard InChI is InChI=1S/C35H44N2O5Si/c1-25-31(19-15-26-13-17-29(18-14-26)37-30-12-8-7-11-28(30)16-20-33(37)39)42-32(35(25)43(2,3)41)23-34(40)36(21-22-38)24-27-9-5-4-6-10-27/h4-14,17-18,25,31-32,35,38,41H,15-16,19-24H2,1-3H3/t25-,31+,32-,35+/m1/s1. The van der Waals surface area contributed by atoms with Gasteiger partial charge in [-0.15, -0.1) is 0 Å². The molecule has 228 valence electrons. The Balaban J connectivity index is 1.24. The van der Waals surface area contributed by atoms with Crippen LogP contribution < -0.4 is 4.90 Å². The zero-order chi connectivity index (χ0) is 30.6. The Morgan fingerprint density at radius 1 is 0.953 bits per heavy atom. The van der Waals surface area contributed by atoms with E-state index in [2.05, 4.69) is 25.1 Å². The second-order valence-corrected chi connectivity index (χ2v) is 16.5. The predicted octanol–water partition coefficient (Wildman–Crippen LogP) is 5.61. The summed E-state index contributed by atoms with van der Waals surface area (Å²) < 4.78 is 6.57. The van der Waals surface area contributed by atoms with Gasteiger partial charge in [0.15, 0.2) is 8.32 Å². The average Bonchev–Trinajstić information content (AvgIpc) is 3.31. The van der Waals surface area contributed by atoms with E-state index in [9.17, 15) is 19.5 Å². The van der Waals surface area contributed by atoms with E-state index in [0.717, 1.165) is 41.8 Å². The molecule has 0 aromatic heterocycles. The number of benzene rings is 3. The van der Waals surface area contributed by atoms with Crippen LogP contribution in [0.2, 0.25) is 18.6 Å². The van der Waals surface area contributed by atoms with Gasteiger partial charge in [0.05, 0.1) is 30.9 Å². The van der Waals surface area contributed by atoms with Gasteiger partial charge in [0.1, 0.15) is 0 Å². The zero-order valence-electron chi connectivity index (χ0n) is 25.5. The SMILES string of the molecule is C[C@H]1[C@H]([Si](C)(C)O)[C@@H](CC(=O)N(CCO)Cc2ccccc2)O[C@H]1CCc1ccc(N2C(=O)CCc3ccccc32)cc1. The molecule has 1 saturated heterocycles. The van der Waals surface area contributed by atoms with Crippen LogP contribution in [0.1, 0.15) is 42.9 Å². The summed E-state index contributed by atoms with van der Waals surface area (Å²) in [5.41, 5.74) is 5.13. The van der Waals surface area contributed by atoms with Crippen molar-refractivity contribution in [1.29, 1.82) is 0 Å². The van der Waals surface area contributed by atoms with E-state index < -0.39 is 8.32 Å². The molecule has 2 aliphatic heterocycles. The minimum absolute atomic E-state index is 0.0663. The third-order valence-electron chi connectivity index (χ3n) is 9.04. The van der Waals surface area contributed by atoms with Crippen LogP contribution in [0.4, 0.5) is 11.4 Å². The summed E-state index contributed by atoms with van der Waals surface area (Å²) in [6, 6.07) is 26.1. The van der Waals surface area contributed by atoms with Crippen molar-refractivity contribution in [2.75, 3.05) is 18.1 Å². The van der Waals surface area contributed by atoms with Crippen LogP contribution >= 0.6 is 0 Å². The van der Waals surface area contributed by atoms with Crippen molar-refractivity contribution < 1.29 is 24.2 Å². The molecule has 0 radical (unpaired) electrons. The van der Waals surface area contributed by atoms with Crippen LogP contribution in [0.25, 0.3) is 0 Å². The minimum Gasteiger partial charge on any atom is -0.432 e. The summed E-state index contributed by atoms with van der Waals surface area (Å²) in [4.78, 5) is 41.0. The first-order valence-corrected chi connectivity index (χ1v) is 18.5. The normalized spacial score (nSPS) is 22.0. The van der Waals surface area contributed by atoms with Gasteiger partial charge < -0.3 is 19.5 Å². The first-order chi connectivity index (χ1) is 20.7. The average molecular weight is 601 g/mol. The number of rotatable bonds is 11. The fraction of sp³-hybridized carbons (Fsp3) is 0.429. The number of aliphatic hydroxyl groups is 1. The van der Waals surface area contributed by atoms with Gasteiger partial charge in [-0.05, 0) is 73.2 Å². The topological polar surface area (TPSA) is 90.3 Å². The lowest BCUT2D eigenvalue weighted by atomic mass is 9.94. The molecule has 1 fully saturated rings. The molecule has 3 aromatic rings. The lowest BCUT2D eigenvalue weighted by molar-refractivity contribution is -0.135. The van der Waals surface area contributed by atoms with Gasteiger partial charge in [-0.2, -0.15) is 0 Å². The van der Waals surface area contributed by atoms with Crippen molar-refractivity contribution in [3.63, 3.8) is 0 Å². The Morgan fingerprint density at radius 2 is 1.65 bits per heavy atom. The number of carbonyl (C=O) groups is 2. The first kappa shape index (κ1) is 31.1. The molecule has 0 saturated carbocycles. The van der Waals surface area contributed by atoms with Crippen LogP contribution in [0.5, 0.6) is 0 Å². The highest BCUT2D eigenvalue weighted by Crippen LogP contribution is 2.46. The quantitative estimate of drug-likeness (QED) is 0.279. The van der Waals surface area contributed by atoms with Gasteiger partial charge in [-0.25, -0.2) is 0 Å². The van der Waals surface area contributed by atoms with Crippen molar-refractivity contribution in [2.45, 2.75) is 76.4 Å². The fourth-order valence-corrected chi connectivity index (χ4v) is 9.56. The smallest absolute Gasteiger partial charge is 0.231 e. The molecular weight excluding hydrogens is 556 g/mol. The Morgan fingerprint density at radius 3 is 2.35 bits per heavy atom. The maximum absolute atomic E-state index is 13.5. The maximum atomic E-state index is 13.5. The highest BCUT2D eigenvalue weighted by Gasteiger charge is 2.50. The number of aryl methyl sites for hydroxylation is 2. The Labute approximate surface area is 256 Å². The third-order valence-corrected chi connectivity index (χ3v) is 11.6. The van der Waals surface area contributed by atoms with Crippen molar-refractivity contribution in [1.82, 2.24) is 4.90 Å². The number of ether oxygens (including phenoxy) is 1. The number of amides is 2. The Hall–Kier alpha value is -3.30. The summed E-state index contributed by atoms with van der Waals surface area (Å²) in [5.74, 6) is 0.165. The van der Waals surface area contributed by atoms with Crippen LogP contribution in [0, 0.1) is 5.92 Å². The number of para-hydroxylation sites is 1. The first-order valence-electron chi connectivity index (χ1n) is 15.5. The largest absolute Gasteiger partial charge is 0.432 e. The van der Waals surface area contributed by atoms with Crippen LogP contribution in [0.3, 0.4) is 0 Å². The van der Waals surface area contributed by atoms with E-state index >= 15 is 0 Å². The molecule has 3 aromatic carbocycles. The molecule has 0 spiro atoms. The number of fused-ring (bicyclic) bond motifs is 1. The van der Waals surface area contributed by atoms with E-state index in [4.69, 9.17) is 4.74 Å².